The lowest BCUT2D eigenvalue weighted by molar-refractivity contribution is -0.210. The summed E-state index contributed by atoms with van der Waals surface area (Å²) in [6.45, 7) is 5.18. The van der Waals surface area contributed by atoms with Crippen LogP contribution in [-0.2, 0) is 19.0 Å². The van der Waals surface area contributed by atoms with Crippen molar-refractivity contribution in [3.05, 3.63) is 0 Å². The van der Waals surface area contributed by atoms with Gasteiger partial charge in [0.1, 0.15) is 6.10 Å². The maximum absolute atomic E-state index is 11.7. The van der Waals surface area contributed by atoms with Crippen molar-refractivity contribution in [3.8, 4) is 0 Å². The molecule has 194 valence electrons. The molecule has 0 bridgehead atoms. The van der Waals surface area contributed by atoms with Gasteiger partial charge in [-0.15, -0.1) is 0 Å². The summed E-state index contributed by atoms with van der Waals surface area (Å²) in [4.78, 5) is 11.7. The highest BCUT2D eigenvalue weighted by Gasteiger charge is 2.42. The Hall–Kier alpha value is -0.610. The van der Waals surface area contributed by atoms with E-state index in [0.29, 0.717) is 0 Å². The normalized spacial score (nSPS) is 23.8. The maximum Gasteiger partial charge on any atom is 0.313 e. The Morgan fingerprint density at radius 2 is 1.39 bits per heavy atom. The predicted molar refractivity (Wildman–Crippen MR) is 136 cm³/mol. The molecule has 0 aromatic carbocycles. The summed E-state index contributed by atoms with van der Waals surface area (Å²) in [6.07, 6.45) is 27.0. The summed E-state index contributed by atoms with van der Waals surface area (Å²) in [7, 11) is 0. The topological polar surface area (TPSA) is 44.8 Å². The largest absolute Gasteiger partial charge is 0.461 e. The molecule has 2 rings (SSSR count). The number of cyclic esters (lactones) is 1. The van der Waals surface area contributed by atoms with Crippen LogP contribution in [0.5, 0.6) is 0 Å². The number of rotatable bonds is 21. The number of ether oxygens (including phenoxy) is 3. The molecule has 0 spiro atoms. The van der Waals surface area contributed by atoms with Gasteiger partial charge in [-0.1, -0.05) is 110 Å². The SMILES string of the molecule is CCCCCCCCCCCCCCCCC[C@@H](C[C@@H]1OC(=O)[C@H]1CC)OC1CCCCO1. The molecule has 33 heavy (non-hydrogen) atoms. The third-order valence-electron chi connectivity index (χ3n) is 7.57. The molecule has 0 N–H and O–H groups in total. The zero-order chi connectivity index (χ0) is 23.6. The molecule has 0 amide bonds. The van der Waals surface area contributed by atoms with Gasteiger partial charge in [0, 0.05) is 13.0 Å². The first-order valence-corrected chi connectivity index (χ1v) is 14.7. The summed E-state index contributed by atoms with van der Waals surface area (Å²) >= 11 is 0. The second kappa shape index (κ2) is 18.7. The molecular weight excluding hydrogens is 412 g/mol. The number of carbonyl (C=O) groups excluding carboxylic acids is 1. The molecule has 1 unspecified atom stereocenters. The van der Waals surface area contributed by atoms with Crippen LogP contribution in [0.15, 0.2) is 0 Å². The summed E-state index contributed by atoms with van der Waals surface area (Å²) in [5, 5.41) is 0. The van der Waals surface area contributed by atoms with Crippen molar-refractivity contribution in [1.29, 1.82) is 0 Å². The molecule has 2 aliphatic heterocycles. The number of carbonyl (C=O) groups is 1. The third kappa shape index (κ3) is 12.6. The highest BCUT2D eigenvalue weighted by Crippen LogP contribution is 2.31. The Bertz CT molecular complexity index is 474. The molecule has 0 saturated carbocycles. The maximum atomic E-state index is 11.7. The summed E-state index contributed by atoms with van der Waals surface area (Å²) in [6, 6.07) is 0. The number of unbranched alkanes of at least 4 members (excludes halogenated alkanes) is 14. The Balaban J connectivity index is 1.47. The molecule has 0 aromatic heterocycles. The van der Waals surface area contributed by atoms with Crippen molar-refractivity contribution in [2.75, 3.05) is 6.61 Å². The third-order valence-corrected chi connectivity index (χ3v) is 7.57. The predicted octanol–water partition coefficient (Wildman–Crippen LogP) is 8.50. The molecule has 4 nitrogen and oxygen atoms in total. The van der Waals surface area contributed by atoms with Crippen molar-refractivity contribution in [2.45, 2.75) is 167 Å². The second-order valence-corrected chi connectivity index (χ2v) is 10.5. The van der Waals surface area contributed by atoms with Crippen LogP contribution >= 0.6 is 0 Å². The van der Waals surface area contributed by atoms with E-state index < -0.39 is 0 Å². The van der Waals surface area contributed by atoms with Gasteiger partial charge < -0.3 is 14.2 Å². The van der Waals surface area contributed by atoms with Crippen molar-refractivity contribution in [2.24, 2.45) is 5.92 Å². The second-order valence-electron chi connectivity index (χ2n) is 10.5. The molecule has 0 radical (unpaired) electrons. The first kappa shape index (κ1) is 28.6. The van der Waals surface area contributed by atoms with E-state index in [4.69, 9.17) is 14.2 Å². The molecule has 2 saturated heterocycles. The minimum absolute atomic E-state index is 0.0258. The zero-order valence-electron chi connectivity index (χ0n) is 22.0. The van der Waals surface area contributed by atoms with Crippen LogP contribution in [0.1, 0.15) is 149 Å². The van der Waals surface area contributed by atoms with Gasteiger partial charge in [0.05, 0.1) is 12.0 Å². The highest BCUT2D eigenvalue weighted by atomic mass is 16.7. The minimum Gasteiger partial charge on any atom is -0.461 e. The van der Waals surface area contributed by atoms with E-state index in [-0.39, 0.29) is 30.4 Å². The smallest absolute Gasteiger partial charge is 0.313 e. The van der Waals surface area contributed by atoms with Crippen LogP contribution < -0.4 is 0 Å². The lowest BCUT2D eigenvalue weighted by atomic mass is 9.89. The van der Waals surface area contributed by atoms with Crippen LogP contribution in [0.2, 0.25) is 0 Å². The van der Waals surface area contributed by atoms with Crippen LogP contribution in [0.4, 0.5) is 0 Å². The molecule has 4 atom stereocenters. The minimum atomic E-state index is -0.0593. The van der Waals surface area contributed by atoms with Gasteiger partial charge in [0.15, 0.2) is 6.29 Å². The summed E-state index contributed by atoms with van der Waals surface area (Å²) < 4.78 is 17.6. The number of esters is 1. The van der Waals surface area contributed by atoms with Crippen molar-refractivity contribution in [1.82, 2.24) is 0 Å². The van der Waals surface area contributed by atoms with E-state index >= 15 is 0 Å². The Morgan fingerprint density at radius 1 is 0.818 bits per heavy atom. The standard InChI is InChI=1S/C29H54O4/c1-3-5-6-7-8-9-10-11-12-13-14-15-16-17-18-21-25(32-28-22-19-20-23-31-28)24-27-26(4-2)29(30)33-27/h25-28H,3-24H2,1-2H3/t25-,26-,27-,28?/m0/s1. The molecular formula is C29H54O4. The number of hydrogen-bond donors (Lipinski definition) is 0. The van der Waals surface area contributed by atoms with Gasteiger partial charge in [-0.3, -0.25) is 4.79 Å². The Labute approximate surface area is 204 Å². The molecule has 2 heterocycles. The lowest BCUT2D eigenvalue weighted by Crippen LogP contribution is -2.47. The molecule has 2 aliphatic rings. The molecule has 0 aliphatic carbocycles. The van der Waals surface area contributed by atoms with Gasteiger partial charge in [-0.2, -0.15) is 0 Å². The molecule has 0 aromatic rings. The Kier molecular flexibility index (Phi) is 16.2. The van der Waals surface area contributed by atoms with E-state index in [1.165, 1.54) is 103 Å². The van der Waals surface area contributed by atoms with Crippen molar-refractivity contribution >= 4 is 5.97 Å². The van der Waals surface area contributed by atoms with Gasteiger partial charge >= 0.3 is 5.97 Å². The average molecular weight is 467 g/mol. The molecule has 2 fully saturated rings. The van der Waals surface area contributed by atoms with Gasteiger partial charge in [-0.05, 0) is 32.1 Å². The van der Waals surface area contributed by atoms with Crippen LogP contribution in [0, 0.1) is 5.92 Å². The van der Waals surface area contributed by atoms with E-state index in [0.717, 1.165) is 38.7 Å². The summed E-state index contributed by atoms with van der Waals surface area (Å²) in [5.74, 6) is 0.0478. The van der Waals surface area contributed by atoms with Crippen molar-refractivity contribution < 1.29 is 19.0 Å². The van der Waals surface area contributed by atoms with Gasteiger partial charge in [0.2, 0.25) is 0 Å². The van der Waals surface area contributed by atoms with E-state index in [9.17, 15) is 4.79 Å². The monoisotopic (exact) mass is 466 g/mol. The first-order chi connectivity index (χ1) is 16.2. The van der Waals surface area contributed by atoms with E-state index in [1.54, 1.807) is 0 Å². The lowest BCUT2D eigenvalue weighted by Gasteiger charge is -2.37. The quantitative estimate of drug-likeness (QED) is 0.126. The van der Waals surface area contributed by atoms with Crippen LogP contribution in [0.25, 0.3) is 0 Å². The van der Waals surface area contributed by atoms with E-state index in [2.05, 4.69) is 13.8 Å². The first-order valence-electron chi connectivity index (χ1n) is 14.7. The van der Waals surface area contributed by atoms with Crippen LogP contribution in [0.3, 0.4) is 0 Å². The Morgan fingerprint density at radius 3 is 1.88 bits per heavy atom. The van der Waals surface area contributed by atoms with Gasteiger partial charge in [0.25, 0.3) is 0 Å². The fraction of sp³-hybridized carbons (Fsp3) is 0.966. The average Bonchev–Trinajstić information content (AvgIpc) is 2.82. The van der Waals surface area contributed by atoms with Crippen molar-refractivity contribution in [3.63, 3.8) is 0 Å². The highest BCUT2D eigenvalue weighted by molar-refractivity contribution is 5.78. The zero-order valence-corrected chi connectivity index (χ0v) is 22.0. The number of hydrogen-bond acceptors (Lipinski definition) is 4. The van der Waals surface area contributed by atoms with Gasteiger partial charge in [-0.25, -0.2) is 0 Å². The molecule has 4 heteroatoms. The fourth-order valence-electron chi connectivity index (χ4n) is 5.32. The summed E-state index contributed by atoms with van der Waals surface area (Å²) in [5.41, 5.74) is 0. The fourth-order valence-corrected chi connectivity index (χ4v) is 5.32. The van der Waals surface area contributed by atoms with Crippen LogP contribution in [-0.4, -0.2) is 31.1 Å². The van der Waals surface area contributed by atoms with E-state index in [1.807, 2.05) is 0 Å².